The number of thioether (sulfide) groups is 1. The molecule has 0 radical (unpaired) electrons. The van der Waals surface area contributed by atoms with E-state index in [9.17, 15) is 10.1 Å². The Balaban J connectivity index is 2.04. The number of hydrazone groups is 1. The second-order valence-electron chi connectivity index (χ2n) is 7.18. The lowest BCUT2D eigenvalue weighted by atomic mass is 9.92. The molecule has 0 aliphatic carbocycles. The van der Waals surface area contributed by atoms with Gasteiger partial charge in [0.25, 0.3) is 5.69 Å². The van der Waals surface area contributed by atoms with E-state index in [-0.39, 0.29) is 16.4 Å². The van der Waals surface area contributed by atoms with Crippen molar-refractivity contribution in [3.63, 3.8) is 0 Å². The monoisotopic (exact) mass is 419 g/mol. The van der Waals surface area contributed by atoms with Crippen molar-refractivity contribution in [3.8, 4) is 11.8 Å². The average Bonchev–Trinajstić information content (AvgIpc) is 2.69. The van der Waals surface area contributed by atoms with Gasteiger partial charge in [-0.05, 0) is 11.0 Å². The van der Waals surface area contributed by atoms with Crippen LogP contribution in [-0.2, 0) is 6.54 Å². The van der Waals surface area contributed by atoms with E-state index in [1.54, 1.807) is 32.4 Å². The second kappa shape index (κ2) is 10.1. The van der Waals surface area contributed by atoms with Gasteiger partial charge in [0.15, 0.2) is 5.16 Å². The Morgan fingerprint density at radius 1 is 1.21 bits per heavy atom. The molecule has 1 heterocycles. The smallest absolute Gasteiger partial charge is 0.269 e. The standard InChI is InChI=1S/C19H25N5O4S/c1-19(2,3)15(29-18-22-16(27-4)10-17(23-18)28-5)12-21-20-11-13-6-8-14(9-7-13)24(25)26/h6-10,12,15,20H,11H2,1-5H3. The van der Waals surface area contributed by atoms with Crippen molar-refractivity contribution >= 4 is 23.7 Å². The molecule has 0 aliphatic rings. The maximum atomic E-state index is 10.7. The number of nitrogens with zero attached hydrogens (tertiary/aromatic N) is 4. The molecule has 2 aromatic rings. The van der Waals surface area contributed by atoms with E-state index in [4.69, 9.17) is 9.47 Å². The molecule has 9 nitrogen and oxygen atoms in total. The van der Waals surface area contributed by atoms with Crippen LogP contribution in [0, 0.1) is 15.5 Å². The van der Waals surface area contributed by atoms with E-state index >= 15 is 0 Å². The zero-order valence-corrected chi connectivity index (χ0v) is 17.9. The van der Waals surface area contributed by atoms with E-state index in [2.05, 4.69) is 41.3 Å². The highest BCUT2D eigenvalue weighted by Crippen LogP contribution is 2.34. The Morgan fingerprint density at radius 2 is 1.79 bits per heavy atom. The van der Waals surface area contributed by atoms with Crippen molar-refractivity contribution < 1.29 is 14.4 Å². The van der Waals surface area contributed by atoms with Crippen LogP contribution in [-0.4, -0.2) is 40.6 Å². The zero-order valence-electron chi connectivity index (χ0n) is 17.1. The Bertz CT molecular complexity index is 830. The maximum Gasteiger partial charge on any atom is 0.269 e. The molecule has 0 fully saturated rings. The summed E-state index contributed by atoms with van der Waals surface area (Å²) in [5.41, 5.74) is 3.83. The fourth-order valence-corrected chi connectivity index (χ4v) is 3.17. The average molecular weight is 420 g/mol. The normalized spacial score (nSPS) is 12.6. The molecule has 0 saturated carbocycles. The number of non-ortho nitro benzene ring substituents is 1. The van der Waals surface area contributed by atoms with E-state index < -0.39 is 4.92 Å². The topological polar surface area (TPSA) is 112 Å². The third-order valence-electron chi connectivity index (χ3n) is 3.89. The van der Waals surface area contributed by atoms with Gasteiger partial charge in [0, 0.05) is 18.3 Å². The van der Waals surface area contributed by atoms with Crippen LogP contribution in [0.1, 0.15) is 26.3 Å². The Labute approximate surface area is 174 Å². The summed E-state index contributed by atoms with van der Waals surface area (Å²) in [7, 11) is 3.09. The number of nitro benzene ring substituents is 1. The number of rotatable bonds is 9. The molecule has 1 unspecified atom stereocenters. The largest absolute Gasteiger partial charge is 0.481 e. The van der Waals surface area contributed by atoms with Crippen LogP contribution < -0.4 is 14.9 Å². The summed E-state index contributed by atoms with van der Waals surface area (Å²) in [5, 5.41) is 15.5. The molecule has 156 valence electrons. The van der Waals surface area contributed by atoms with E-state index in [0.29, 0.717) is 23.5 Å². The highest BCUT2D eigenvalue weighted by Gasteiger charge is 2.26. The van der Waals surface area contributed by atoms with Crippen LogP contribution in [0.2, 0.25) is 0 Å². The summed E-state index contributed by atoms with van der Waals surface area (Å²) < 4.78 is 10.4. The van der Waals surface area contributed by atoms with Gasteiger partial charge in [-0.1, -0.05) is 44.7 Å². The second-order valence-corrected chi connectivity index (χ2v) is 8.29. The first-order chi connectivity index (χ1) is 13.7. The number of hydrogen-bond donors (Lipinski definition) is 1. The minimum atomic E-state index is -0.420. The van der Waals surface area contributed by atoms with Crippen molar-refractivity contribution in [3.05, 3.63) is 46.0 Å². The zero-order chi connectivity index (χ0) is 21.4. The molecule has 1 N–H and O–H groups in total. The van der Waals surface area contributed by atoms with Crippen molar-refractivity contribution in [2.45, 2.75) is 37.7 Å². The van der Waals surface area contributed by atoms with Gasteiger partial charge in [-0.2, -0.15) is 15.1 Å². The van der Waals surface area contributed by atoms with Crippen LogP contribution in [0.3, 0.4) is 0 Å². The van der Waals surface area contributed by atoms with Crippen molar-refractivity contribution in [2.75, 3.05) is 14.2 Å². The molecular formula is C19H25N5O4S. The predicted octanol–water partition coefficient (Wildman–Crippen LogP) is 3.68. The molecule has 1 aromatic carbocycles. The minimum absolute atomic E-state index is 0.0244. The molecule has 10 heteroatoms. The molecule has 2 rings (SSSR count). The lowest BCUT2D eigenvalue weighted by Crippen LogP contribution is -2.26. The van der Waals surface area contributed by atoms with Crippen molar-refractivity contribution in [2.24, 2.45) is 10.5 Å². The van der Waals surface area contributed by atoms with Gasteiger partial charge in [0.1, 0.15) is 0 Å². The molecule has 0 spiro atoms. The summed E-state index contributed by atoms with van der Waals surface area (Å²) >= 11 is 1.46. The van der Waals surface area contributed by atoms with E-state index in [1.807, 2.05) is 6.21 Å². The van der Waals surface area contributed by atoms with Crippen molar-refractivity contribution in [1.29, 1.82) is 0 Å². The maximum absolute atomic E-state index is 10.7. The van der Waals surface area contributed by atoms with E-state index in [1.165, 1.54) is 23.9 Å². The van der Waals surface area contributed by atoms with Crippen LogP contribution >= 0.6 is 11.8 Å². The van der Waals surface area contributed by atoms with Gasteiger partial charge in [-0.25, -0.2) is 0 Å². The molecule has 0 aliphatic heterocycles. The lowest BCUT2D eigenvalue weighted by Gasteiger charge is -2.26. The number of ether oxygens (including phenoxy) is 2. The minimum Gasteiger partial charge on any atom is -0.481 e. The summed E-state index contributed by atoms with van der Waals surface area (Å²) in [6, 6.07) is 7.97. The number of nitrogens with one attached hydrogen (secondary N) is 1. The molecule has 29 heavy (non-hydrogen) atoms. The fraction of sp³-hybridized carbons (Fsp3) is 0.421. The predicted molar refractivity (Wildman–Crippen MR) is 113 cm³/mol. The van der Waals surface area contributed by atoms with Gasteiger partial charge in [-0.3, -0.25) is 10.1 Å². The fourth-order valence-electron chi connectivity index (χ4n) is 2.18. The van der Waals surface area contributed by atoms with E-state index in [0.717, 1.165) is 5.56 Å². The van der Waals surface area contributed by atoms with Gasteiger partial charge in [0.05, 0.1) is 37.0 Å². The Hall–Kier alpha value is -2.88. The summed E-state index contributed by atoms with van der Waals surface area (Å²) in [6.07, 6.45) is 1.81. The van der Waals surface area contributed by atoms with Gasteiger partial charge in [-0.15, -0.1) is 0 Å². The molecule has 0 saturated heterocycles. The SMILES string of the molecule is COc1cc(OC)nc(SC(C=NNCc2ccc([N+](=O)[O-])cc2)C(C)(C)C)n1. The number of aromatic nitrogens is 2. The Kier molecular flexibility index (Phi) is 7.77. The molecule has 0 amide bonds. The summed E-state index contributed by atoms with van der Waals surface area (Å²) in [4.78, 5) is 19.0. The molecule has 0 bridgehead atoms. The van der Waals surface area contributed by atoms with Crippen LogP contribution in [0.15, 0.2) is 40.6 Å². The summed E-state index contributed by atoms with van der Waals surface area (Å²) in [5.74, 6) is 0.862. The van der Waals surface area contributed by atoms with Crippen molar-refractivity contribution in [1.82, 2.24) is 15.4 Å². The first kappa shape index (κ1) is 22.4. The highest BCUT2D eigenvalue weighted by molar-refractivity contribution is 8.00. The van der Waals surface area contributed by atoms with Gasteiger partial charge >= 0.3 is 0 Å². The molecule has 1 atom stereocenters. The van der Waals surface area contributed by atoms with Crippen LogP contribution in [0.25, 0.3) is 0 Å². The lowest BCUT2D eigenvalue weighted by molar-refractivity contribution is -0.384. The quantitative estimate of drug-likeness (QED) is 0.215. The number of hydrogen-bond acceptors (Lipinski definition) is 9. The number of methoxy groups -OCH3 is 2. The number of nitro groups is 1. The third-order valence-corrected chi connectivity index (χ3v) is 5.37. The molecular weight excluding hydrogens is 394 g/mol. The van der Waals surface area contributed by atoms with Crippen LogP contribution in [0.4, 0.5) is 5.69 Å². The van der Waals surface area contributed by atoms with Gasteiger partial charge < -0.3 is 14.9 Å². The first-order valence-corrected chi connectivity index (χ1v) is 9.74. The number of benzene rings is 1. The molecule has 1 aromatic heterocycles. The third kappa shape index (κ3) is 6.90. The first-order valence-electron chi connectivity index (χ1n) is 8.86. The summed E-state index contributed by atoms with van der Waals surface area (Å²) in [6.45, 7) is 6.76. The Morgan fingerprint density at radius 3 is 2.28 bits per heavy atom. The van der Waals surface area contributed by atoms with Gasteiger partial charge in [0.2, 0.25) is 11.8 Å². The van der Waals surface area contributed by atoms with Crippen LogP contribution in [0.5, 0.6) is 11.8 Å². The highest BCUT2D eigenvalue weighted by atomic mass is 32.2.